The first-order valence-corrected chi connectivity index (χ1v) is 9.79. The molecule has 2 amide bonds. The molecule has 0 bridgehead atoms. The number of ether oxygens (including phenoxy) is 1. The van der Waals surface area contributed by atoms with Gasteiger partial charge in [0.1, 0.15) is 5.75 Å². The third-order valence-electron chi connectivity index (χ3n) is 5.10. The summed E-state index contributed by atoms with van der Waals surface area (Å²) < 4.78 is 44.3. The fourth-order valence-electron chi connectivity index (χ4n) is 3.31. The summed E-state index contributed by atoms with van der Waals surface area (Å²) in [4.78, 5) is 27.2. The summed E-state index contributed by atoms with van der Waals surface area (Å²) >= 11 is 0. The lowest BCUT2D eigenvalue weighted by molar-refractivity contribution is -0.137. The van der Waals surface area contributed by atoms with Crippen LogP contribution in [0, 0.1) is 0 Å². The molecule has 0 saturated heterocycles. The fraction of sp³-hybridized carbons (Fsp3) is 0.364. The Morgan fingerprint density at radius 1 is 1.10 bits per heavy atom. The number of rotatable bonds is 5. The molecule has 30 heavy (non-hydrogen) atoms. The van der Waals surface area contributed by atoms with E-state index in [0.29, 0.717) is 11.4 Å². The standard InChI is InChI=1S/C22H23F3N2O3/c1-3-16(4-2)26-20(28)19-13-27(17-7-5-6-8-18(17)30-19)21(29)14-9-11-15(12-10-14)22(23,24)25/h5-12,16,19H,3-4,13H2,1-2H3,(H,26,28). The van der Waals surface area contributed by atoms with E-state index in [0.717, 1.165) is 37.1 Å². The van der Waals surface area contributed by atoms with Crippen LogP contribution in [0.15, 0.2) is 48.5 Å². The quantitative estimate of drug-likeness (QED) is 0.779. The maximum atomic E-state index is 13.1. The molecule has 1 atom stereocenters. The zero-order valence-corrected chi connectivity index (χ0v) is 16.7. The predicted molar refractivity (Wildman–Crippen MR) is 106 cm³/mol. The van der Waals surface area contributed by atoms with E-state index < -0.39 is 23.8 Å². The van der Waals surface area contributed by atoms with E-state index in [-0.39, 0.29) is 24.1 Å². The van der Waals surface area contributed by atoms with Crippen molar-refractivity contribution in [3.8, 4) is 5.75 Å². The average Bonchev–Trinajstić information content (AvgIpc) is 2.75. The minimum Gasteiger partial charge on any atom is -0.477 e. The van der Waals surface area contributed by atoms with E-state index in [1.165, 1.54) is 4.90 Å². The largest absolute Gasteiger partial charge is 0.477 e. The molecule has 0 fully saturated rings. The van der Waals surface area contributed by atoms with Crippen molar-refractivity contribution in [2.75, 3.05) is 11.4 Å². The highest BCUT2D eigenvalue weighted by Crippen LogP contribution is 2.35. The molecule has 1 aliphatic rings. The topological polar surface area (TPSA) is 58.6 Å². The van der Waals surface area contributed by atoms with Gasteiger partial charge in [-0.05, 0) is 49.2 Å². The molecule has 0 radical (unpaired) electrons. The van der Waals surface area contributed by atoms with Crippen LogP contribution in [0.4, 0.5) is 18.9 Å². The van der Waals surface area contributed by atoms with E-state index in [2.05, 4.69) is 5.32 Å². The van der Waals surface area contributed by atoms with Gasteiger partial charge in [0.25, 0.3) is 11.8 Å². The Kier molecular flexibility index (Phi) is 6.34. The molecular weight excluding hydrogens is 397 g/mol. The van der Waals surface area contributed by atoms with Gasteiger partial charge in [-0.3, -0.25) is 9.59 Å². The van der Waals surface area contributed by atoms with Gasteiger partial charge in [-0.2, -0.15) is 13.2 Å². The lowest BCUT2D eigenvalue weighted by Gasteiger charge is -2.34. The summed E-state index contributed by atoms with van der Waals surface area (Å²) in [7, 11) is 0. The van der Waals surface area contributed by atoms with Gasteiger partial charge in [0.2, 0.25) is 0 Å². The van der Waals surface area contributed by atoms with Crippen molar-refractivity contribution in [3.63, 3.8) is 0 Å². The molecule has 0 aliphatic carbocycles. The van der Waals surface area contributed by atoms with E-state index in [9.17, 15) is 22.8 Å². The number of carbonyl (C=O) groups is 2. The molecule has 0 spiro atoms. The van der Waals surface area contributed by atoms with Crippen molar-refractivity contribution >= 4 is 17.5 Å². The van der Waals surface area contributed by atoms with Crippen LogP contribution in [0.3, 0.4) is 0 Å². The van der Waals surface area contributed by atoms with Crippen molar-refractivity contribution in [3.05, 3.63) is 59.7 Å². The molecule has 3 rings (SSSR count). The van der Waals surface area contributed by atoms with Crippen molar-refractivity contribution in [1.29, 1.82) is 0 Å². The molecule has 2 aromatic carbocycles. The molecule has 1 unspecified atom stereocenters. The fourth-order valence-corrected chi connectivity index (χ4v) is 3.31. The summed E-state index contributed by atoms with van der Waals surface area (Å²) in [5, 5.41) is 2.91. The van der Waals surface area contributed by atoms with E-state index in [1.807, 2.05) is 13.8 Å². The van der Waals surface area contributed by atoms with Crippen LogP contribution in [-0.2, 0) is 11.0 Å². The third kappa shape index (κ3) is 4.58. The maximum absolute atomic E-state index is 13.1. The Labute approximate surface area is 172 Å². The Hall–Kier alpha value is -3.03. The van der Waals surface area contributed by atoms with E-state index in [1.54, 1.807) is 24.3 Å². The highest BCUT2D eigenvalue weighted by atomic mass is 19.4. The maximum Gasteiger partial charge on any atom is 0.416 e. The van der Waals surface area contributed by atoms with Gasteiger partial charge in [0.05, 0.1) is 17.8 Å². The number of benzene rings is 2. The molecule has 1 N–H and O–H groups in total. The monoisotopic (exact) mass is 420 g/mol. The number of amides is 2. The Bertz CT molecular complexity index is 909. The second-order valence-corrected chi connectivity index (χ2v) is 7.09. The molecule has 8 heteroatoms. The first kappa shape index (κ1) is 21.7. The van der Waals surface area contributed by atoms with Crippen LogP contribution in [-0.4, -0.2) is 30.5 Å². The van der Waals surface area contributed by atoms with Crippen molar-refractivity contribution < 1.29 is 27.5 Å². The van der Waals surface area contributed by atoms with Crippen molar-refractivity contribution in [2.24, 2.45) is 0 Å². The predicted octanol–water partition coefficient (Wildman–Crippen LogP) is 4.42. The average molecular weight is 420 g/mol. The number of anilines is 1. The number of hydrogen-bond donors (Lipinski definition) is 1. The van der Waals surface area contributed by atoms with Gasteiger partial charge in [-0.15, -0.1) is 0 Å². The summed E-state index contributed by atoms with van der Waals surface area (Å²) in [5.74, 6) is -0.461. The lowest BCUT2D eigenvalue weighted by Crippen LogP contribution is -2.52. The zero-order valence-electron chi connectivity index (χ0n) is 16.7. The number of fused-ring (bicyclic) bond motifs is 1. The molecule has 2 aromatic rings. The van der Waals surface area contributed by atoms with Gasteiger partial charge in [0.15, 0.2) is 6.10 Å². The highest BCUT2D eigenvalue weighted by Gasteiger charge is 2.35. The van der Waals surface area contributed by atoms with Crippen LogP contribution in [0.1, 0.15) is 42.6 Å². The molecule has 5 nitrogen and oxygen atoms in total. The lowest BCUT2D eigenvalue weighted by atomic mass is 10.1. The van der Waals surface area contributed by atoms with Crippen LogP contribution in [0.5, 0.6) is 5.75 Å². The van der Waals surface area contributed by atoms with E-state index in [4.69, 9.17) is 4.74 Å². The second kappa shape index (κ2) is 8.77. The first-order valence-electron chi connectivity index (χ1n) is 9.79. The molecular formula is C22H23F3N2O3. The van der Waals surface area contributed by atoms with Crippen LogP contribution in [0.2, 0.25) is 0 Å². The van der Waals surface area contributed by atoms with Gasteiger partial charge >= 0.3 is 6.18 Å². The normalized spacial score (nSPS) is 16.1. The van der Waals surface area contributed by atoms with Crippen LogP contribution < -0.4 is 15.0 Å². The second-order valence-electron chi connectivity index (χ2n) is 7.09. The smallest absolute Gasteiger partial charge is 0.416 e. The SMILES string of the molecule is CCC(CC)NC(=O)C1CN(C(=O)c2ccc(C(F)(F)F)cc2)c2ccccc2O1. The van der Waals surface area contributed by atoms with Gasteiger partial charge in [-0.1, -0.05) is 26.0 Å². The summed E-state index contributed by atoms with van der Waals surface area (Å²) in [6.07, 6.45) is -3.87. The number of halogens is 3. The molecule has 0 saturated carbocycles. The third-order valence-corrected chi connectivity index (χ3v) is 5.10. The number of hydrogen-bond acceptors (Lipinski definition) is 3. The zero-order chi connectivity index (χ0) is 21.9. The van der Waals surface area contributed by atoms with Gasteiger partial charge in [-0.25, -0.2) is 0 Å². The molecule has 160 valence electrons. The highest BCUT2D eigenvalue weighted by molar-refractivity contribution is 6.07. The molecule has 1 aliphatic heterocycles. The van der Waals surface area contributed by atoms with Gasteiger partial charge in [0, 0.05) is 11.6 Å². The van der Waals surface area contributed by atoms with Crippen LogP contribution in [0.25, 0.3) is 0 Å². The number of alkyl halides is 3. The number of para-hydroxylation sites is 2. The number of nitrogens with one attached hydrogen (secondary N) is 1. The molecule has 1 heterocycles. The van der Waals surface area contributed by atoms with Crippen molar-refractivity contribution in [2.45, 2.75) is 45.0 Å². The minimum atomic E-state index is -4.48. The van der Waals surface area contributed by atoms with Crippen LogP contribution >= 0.6 is 0 Å². The Morgan fingerprint density at radius 2 is 1.73 bits per heavy atom. The molecule has 0 aromatic heterocycles. The number of carbonyl (C=O) groups excluding carboxylic acids is 2. The first-order chi connectivity index (χ1) is 14.2. The van der Waals surface area contributed by atoms with Crippen molar-refractivity contribution in [1.82, 2.24) is 5.32 Å². The number of nitrogens with zero attached hydrogens (tertiary/aromatic N) is 1. The summed E-state index contributed by atoms with van der Waals surface area (Å²) in [5.41, 5.74) is -0.267. The Balaban J connectivity index is 1.87. The summed E-state index contributed by atoms with van der Waals surface area (Å²) in [6, 6.07) is 10.8. The Morgan fingerprint density at radius 3 is 2.33 bits per heavy atom. The van der Waals surface area contributed by atoms with Gasteiger partial charge < -0.3 is 15.0 Å². The minimum absolute atomic E-state index is 0.00247. The summed E-state index contributed by atoms with van der Waals surface area (Å²) in [6.45, 7) is 3.89. The van der Waals surface area contributed by atoms with E-state index >= 15 is 0 Å².